The van der Waals surface area contributed by atoms with E-state index in [1.165, 1.54) is 14.6 Å². The summed E-state index contributed by atoms with van der Waals surface area (Å²) < 4.78 is 0. The van der Waals surface area contributed by atoms with Crippen molar-refractivity contribution in [2.24, 2.45) is 0 Å². The van der Waals surface area contributed by atoms with Crippen LogP contribution in [0.5, 0.6) is 0 Å². The summed E-state index contributed by atoms with van der Waals surface area (Å²) in [6.07, 6.45) is 0. The number of hydrogen-bond acceptors (Lipinski definition) is 1. The Kier molecular flexibility index (Phi) is 76.2. The summed E-state index contributed by atoms with van der Waals surface area (Å²) in [5.41, 5.74) is 0. The van der Waals surface area contributed by atoms with E-state index in [0.717, 1.165) is 0 Å². The molecule has 0 amide bonds. The Morgan fingerprint density at radius 1 is 1.25 bits per heavy atom. The summed E-state index contributed by atoms with van der Waals surface area (Å²) in [6, 6.07) is 0. The fourth-order valence-electron chi connectivity index (χ4n) is 0. The van der Waals surface area contributed by atoms with E-state index < -0.39 is 0 Å². The van der Waals surface area contributed by atoms with Crippen molar-refractivity contribution in [3.63, 3.8) is 0 Å². The normalized spacial score (nSPS) is 0.750. The van der Waals surface area contributed by atoms with Crippen LogP contribution in [-0.2, 0) is 0 Å². The first kappa shape index (κ1) is 16.3. The monoisotopic (exact) mass is 250 g/mol. The SMILES string of the molecule is [AlH]=[S].[GaH3].[InH3]. The van der Waals surface area contributed by atoms with Crippen LogP contribution in [0.2, 0.25) is 0 Å². The fraction of sp³-hybridized carbons (Fsp3) is 0. The third kappa shape index (κ3) is 8.86. The Balaban J connectivity index is -0.00000000500. The van der Waals surface area contributed by atoms with E-state index >= 15 is 0 Å². The van der Waals surface area contributed by atoms with Gasteiger partial charge in [-0.15, -0.1) is 0 Å². The van der Waals surface area contributed by atoms with Crippen molar-refractivity contribution in [2.45, 2.75) is 0 Å². The average molecular weight is 251 g/mol. The summed E-state index contributed by atoms with van der Waals surface area (Å²) in [6.45, 7) is 0. The quantitative estimate of drug-likeness (QED) is 0.433. The molecular formula is H7AlGaInS. The van der Waals surface area contributed by atoms with E-state index in [1.807, 2.05) is 0 Å². The Labute approximate surface area is 69.8 Å². The molecule has 0 radical (unpaired) electrons. The molecule has 0 aromatic heterocycles. The van der Waals surface area contributed by atoms with Gasteiger partial charge in [0.05, 0.1) is 0 Å². The predicted octanol–water partition coefficient (Wildman–Crippen LogP) is -2.37. The zero-order chi connectivity index (χ0) is 2.00. The second kappa shape index (κ2) is 18.7. The van der Waals surface area contributed by atoms with Gasteiger partial charge in [0.1, 0.15) is 0 Å². The summed E-state index contributed by atoms with van der Waals surface area (Å²) >= 11 is 1.44. The second-order valence-corrected chi connectivity index (χ2v) is 0. The molecule has 0 aromatic carbocycles. The molecule has 0 bridgehead atoms. The first-order valence-corrected chi connectivity index (χ1v) is 2.60. The van der Waals surface area contributed by atoms with Crippen LogP contribution in [0, 0.1) is 0 Å². The Morgan fingerprint density at radius 2 is 1.25 bits per heavy atom. The summed E-state index contributed by atoms with van der Waals surface area (Å²) in [5.74, 6) is 0. The molecule has 0 saturated carbocycles. The van der Waals surface area contributed by atoms with Crippen molar-refractivity contribution in [2.75, 3.05) is 0 Å². The van der Waals surface area contributed by atoms with Gasteiger partial charge >= 0.3 is 70.8 Å². The molecule has 0 aromatic rings. The van der Waals surface area contributed by atoms with Crippen molar-refractivity contribution in [3.05, 3.63) is 0 Å². The van der Waals surface area contributed by atoms with Gasteiger partial charge in [0.2, 0.25) is 0 Å². The Bertz CT molecular complexity index is 8.00. The molecule has 0 aliphatic carbocycles. The zero-order valence-corrected chi connectivity index (χ0v) is 3.35. The molecule has 0 unspecified atom stereocenters. The number of rotatable bonds is 0. The molecule has 4 heteroatoms. The Morgan fingerprint density at radius 3 is 1.25 bits per heavy atom. The van der Waals surface area contributed by atoms with Crippen molar-refractivity contribution < 1.29 is 0 Å². The molecule has 0 nitrogen and oxygen atoms in total. The van der Waals surface area contributed by atoms with Gasteiger partial charge in [-0.05, 0) is 0 Å². The molecule has 0 fully saturated rings. The molecule has 0 N–H and O–H groups in total. The van der Waals surface area contributed by atoms with Gasteiger partial charge in [0, 0.05) is 0 Å². The van der Waals surface area contributed by atoms with Gasteiger partial charge in [-0.25, -0.2) is 0 Å². The second-order valence-electron chi connectivity index (χ2n) is 0. The van der Waals surface area contributed by atoms with Crippen molar-refractivity contribution >= 4 is 70.8 Å². The maximum absolute atomic E-state index is 4.11. The molecule has 0 spiro atoms. The van der Waals surface area contributed by atoms with E-state index in [-0.39, 0.29) is 45.6 Å². The average Bonchev–Trinajstić information content (AvgIpc) is 1.00. The first-order chi connectivity index (χ1) is 1.00. The van der Waals surface area contributed by atoms with Crippen molar-refractivity contribution in [3.8, 4) is 0 Å². The van der Waals surface area contributed by atoms with Gasteiger partial charge in [-0.2, -0.15) is 0 Å². The zero-order valence-electron chi connectivity index (χ0n) is 1.12. The maximum atomic E-state index is 4.11. The van der Waals surface area contributed by atoms with Crippen LogP contribution < -0.4 is 0 Å². The molecule has 0 atom stereocenters. The molecule has 0 aliphatic heterocycles. The summed E-state index contributed by atoms with van der Waals surface area (Å²) in [5, 5.41) is 0. The van der Waals surface area contributed by atoms with Gasteiger partial charge in [0.15, 0.2) is 0 Å². The van der Waals surface area contributed by atoms with E-state index in [0.29, 0.717) is 0 Å². The minimum atomic E-state index is 0. The molecule has 4 heavy (non-hydrogen) atoms. The molecule has 0 saturated heterocycles. The predicted molar refractivity (Wildman–Crippen MR) is 34.6 cm³/mol. The van der Waals surface area contributed by atoms with Crippen LogP contribution in [0.25, 0.3) is 0 Å². The van der Waals surface area contributed by atoms with Crippen LogP contribution in [0.1, 0.15) is 0 Å². The molecule has 0 rings (SSSR count). The molecular weight excluding hydrogens is 244 g/mol. The van der Waals surface area contributed by atoms with Gasteiger partial charge in [0.25, 0.3) is 0 Å². The molecule has 0 heterocycles. The van der Waals surface area contributed by atoms with Gasteiger partial charge < -0.3 is 0 Å². The van der Waals surface area contributed by atoms with E-state index in [2.05, 4.69) is 10.5 Å². The standard InChI is InChI=1S/Al.Ga.In.S.7H. The van der Waals surface area contributed by atoms with E-state index in [9.17, 15) is 0 Å². The van der Waals surface area contributed by atoms with Crippen LogP contribution in [0.4, 0.5) is 0 Å². The summed E-state index contributed by atoms with van der Waals surface area (Å²) in [4.78, 5) is 0. The number of hydrogen-bond donors (Lipinski definition) is 0. The van der Waals surface area contributed by atoms with Crippen LogP contribution in [0.15, 0.2) is 0 Å². The van der Waals surface area contributed by atoms with Crippen molar-refractivity contribution in [1.82, 2.24) is 0 Å². The van der Waals surface area contributed by atoms with Crippen LogP contribution in [0.3, 0.4) is 0 Å². The summed E-state index contributed by atoms with van der Waals surface area (Å²) in [7, 11) is 4.11. The van der Waals surface area contributed by atoms with Crippen molar-refractivity contribution in [1.29, 1.82) is 0 Å². The third-order valence-electron chi connectivity index (χ3n) is 0. The topological polar surface area (TPSA) is 0 Å². The van der Waals surface area contributed by atoms with Crippen LogP contribution in [-0.4, -0.2) is 60.3 Å². The van der Waals surface area contributed by atoms with Crippen LogP contribution >= 0.6 is 10.5 Å². The van der Waals surface area contributed by atoms with Gasteiger partial charge in [-0.3, -0.25) is 0 Å². The Hall–Kier alpha value is 2.26. The van der Waals surface area contributed by atoms with Gasteiger partial charge in [-0.1, -0.05) is 0 Å². The third-order valence-corrected chi connectivity index (χ3v) is 0. The molecule has 0 aliphatic rings. The first-order valence-electron chi connectivity index (χ1n) is 0.289. The minimum absolute atomic E-state index is 0. The van der Waals surface area contributed by atoms with E-state index in [4.69, 9.17) is 0 Å². The fourth-order valence-corrected chi connectivity index (χ4v) is 0. The van der Waals surface area contributed by atoms with E-state index in [1.54, 1.807) is 0 Å². The molecule has 22 valence electrons.